The van der Waals surface area contributed by atoms with E-state index in [4.69, 9.17) is 4.74 Å². The lowest BCUT2D eigenvalue weighted by atomic mass is 9.96. The smallest absolute Gasteiger partial charge is 0.223 e. The normalized spacial score (nSPS) is 16.4. The molecule has 1 heterocycles. The van der Waals surface area contributed by atoms with Gasteiger partial charge in [-0.1, -0.05) is 30.3 Å². The highest BCUT2D eigenvalue weighted by Gasteiger charge is 2.22. The van der Waals surface area contributed by atoms with Crippen LogP contribution in [0.1, 0.15) is 31.4 Å². The maximum Gasteiger partial charge on any atom is 0.223 e. The molecule has 1 atom stereocenters. The minimum absolute atomic E-state index is 0.00170. The second kappa shape index (κ2) is 7.97. The van der Waals surface area contributed by atoms with Crippen LogP contribution in [0.5, 0.6) is 11.5 Å². The van der Waals surface area contributed by atoms with Crippen LogP contribution in [-0.2, 0) is 4.79 Å². The fourth-order valence-corrected chi connectivity index (χ4v) is 2.95. The number of ether oxygens (including phenoxy) is 1. The Bertz CT molecular complexity index is 649. The third kappa shape index (κ3) is 4.36. The molecule has 1 fully saturated rings. The Morgan fingerprint density at radius 1 is 1.04 bits per heavy atom. The lowest BCUT2D eigenvalue weighted by Gasteiger charge is -2.24. The Morgan fingerprint density at radius 3 is 2.33 bits per heavy atom. The van der Waals surface area contributed by atoms with Gasteiger partial charge in [0, 0.05) is 5.92 Å². The summed E-state index contributed by atoms with van der Waals surface area (Å²) in [7, 11) is 0. The highest BCUT2D eigenvalue weighted by molar-refractivity contribution is 5.79. The molecule has 1 aliphatic rings. The molecule has 4 heteroatoms. The Hall–Kier alpha value is -2.33. The van der Waals surface area contributed by atoms with E-state index in [0.717, 1.165) is 43.0 Å². The highest BCUT2D eigenvalue weighted by Crippen LogP contribution is 2.23. The Balaban J connectivity index is 1.57. The van der Waals surface area contributed by atoms with E-state index >= 15 is 0 Å². The van der Waals surface area contributed by atoms with Gasteiger partial charge in [-0.25, -0.2) is 0 Å². The average Bonchev–Trinajstić information content (AvgIpc) is 2.64. The summed E-state index contributed by atoms with van der Waals surface area (Å²) in [6.45, 7) is 3.88. The van der Waals surface area contributed by atoms with Gasteiger partial charge in [-0.3, -0.25) is 4.79 Å². The average molecular weight is 324 g/mol. The molecule has 24 heavy (non-hydrogen) atoms. The van der Waals surface area contributed by atoms with E-state index in [0.29, 0.717) is 0 Å². The topological polar surface area (TPSA) is 50.4 Å². The predicted octanol–water partition coefficient (Wildman–Crippen LogP) is 3.66. The van der Waals surface area contributed by atoms with Gasteiger partial charge in [-0.2, -0.15) is 0 Å². The molecule has 0 saturated carbocycles. The summed E-state index contributed by atoms with van der Waals surface area (Å²) in [5, 5.41) is 6.41. The molecule has 0 radical (unpaired) electrons. The van der Waals surface area contributed by atoms with Crippen molar-refractivity contribution >= 4 is 5.91 Å². The molecule has 2 N–H and O–H groups in total. The molecule has 1 amide bonds. The molecule has 0 aromatic heterocycles. The van der Waals surface area contributed by atoms with Crippen LogP contribution >= 0.6 is 0 Å². The summed E-state index contributed by atoms with van der Waals surface area (Å²) in [5.74, 6) is 1.90. The van der Waals surface area contributed by atoms with Gasteiger partial charge in [0.25, 0.3) is 0 Å². The van der Waals surface area contributed by atoms with Crippen molar-refractivity contribution in [1.29, 1.82) is 0 Å². The Morgan fingerprint density at radius 2 is 1.67 bits per heavy atom. The Kier molecular flexibility index (Phi) is 5.49. The number of carbonyl (C=O) groups is 1. The molecular formula is C20H24N2O2. The molecule has 2 aromatic rings. The van der Waals surface area contributed by atoms with Crippen molar-refractivity contribution < 1.29 is 9.53 Å². The fraction of sp³-hybridized carbons (Fsp3) is 0.350. The van der Waals surface area contributed by atoms with Crippen LogP contribution in [-0.4, -0.2) is 19.0 Å². The summed E-state index contributed by atoms with van der Waals surface area (Å²) in [5.41, 5.74) is 1.08. The maximum atomic E-state index is 12.3. The first-order valence-electron chi connectivity index (χ1n) is 8.56. The third-order valence-corrected chi connectivity index (χ3v) is 4.43. The van der Waals surface area contributed by atoms with Gasteiger partial charge in [0.05, 0.1) is 6.04 Å². The largest absolute Gasteiger partial charge is 0.457 e. The van der Waals surface area contributed by atoms with E-state index in [2.05, 4.69) is 10.6 Å². The number of nitrogens with one attached hydrogen (secondary N) is 2. The van der Waals surface area contributed by atoms with Gasteiger partial charge in [0.1, 0.15) is 11.5 Å². The minimum Gasteiger partial charge on any atom is -0.457 e. The summed E-state index contributed by atoms with van der Waals surface area (Å²) >= 11 is 0. The molecule has 126 valence electrons. The number of para-hydroxylation sites is 1. The molecule has 4 nitrogen and oxygen atoms in total. The van der Waals surface area contributed by atoms with E-state index in [1.54, 1.807) is 0 Å². The molecule has 1 aliphatic heterocycles. The number of piperidine rings is 1. The van der Waals surface area contributed by atoms with Crippen LogP contribution in [0.25, 0.3) is 0 Å². The van der Waals surface area contributed by atoms with Crippen LogP contribution in [0, 0.1) is 5.92 Å². The molecule has 1 saturated heterocycles. The van der Waals surface area contributed by atoms with Crippen molar-refractivity contribution in [1.82, 2.24) is 10.6 Å². The van der Waals surface area contributed by atoms with Gasteiger partial charge < -0.3 is 15.4 Å². The number of hydrogen-bond acceptors (Lipinski definition) is 3. The SMILES string of the molecule is C[C@@H](NC(=O)C1CCNCC1)c1ccc(Oc2ccccc2)cc1. The van der Waals surface area contributed by atoms with Gasteiger partial charge in [-0.05, 0) is 62.7 Å². The van der Waals surface area contributed by atoms with Crippen LogP contribution < -0.4 is 15.4 Å². The van der Waals surface area contributed by atoms with Crippen molar-refractivity contribution in [2.45, 2.75) is 25.8 Å². The van der Waals surface area contributed by atoms with E-state index < -0.39 is 0 Å². The summed E-state index contributed by atoms with van der Waals surface area (Å²) < 4.78 is 5.80. The van der Waals surface area contributed by atoms with Crippen LogP contribution in [0.2, 0.25) is 0 Å². The van der Waals surface area contributed by atoms with E-state index in [9.17, 15) is 4.79 Å². The third-order valence-electron chi connectivity index (χ3n) is 4.43. The van der Waals surface area contributed by atoms with Crippen LogP contribution in [0.4, 0.5) is 0 Å². The number of rotatable bonds is 5. The molecule has 0 aliphatic carbocycles. The second-order valence-electron chi connectivity index (χ2n) is 6.24. The maximum absolute atomic E-state index is 12.3. The lowest BCUT2D eigenvalue weighted by molar-refractivity contribution is -0.126. The molecule has 3 rings (SSSR count). The first-order valence-corrected chi connectivity index (χ1v) is 8.56. The van der Waals surface area contributed by atoms with Crippen molar-refractivity contribution in [3.63, 3.8) is 0 Å². The molecule has 0 spiro atoms. The van der Waals surface area contributed by atoms with Crippen molar-refractivity contribution in [2.24, 2.45) is 5.92 Å². The molecule has 0 unspecified atom stereocenters. The van der Waals surface area contributed by atoms with Gasteiger partial charge in [0.2, 0.25) is 5.91 Å². The Labute approximate surface area is 143 Å². The number of benzene rings is 2. The van der Waals surface area contributed by atoms with Crippen molar-refractivity contribution in [2.75, 3.05) is 13.1 Å². The van der Waals surface area contributed by atoms with Gasteiger partial charge >= 0.3 is 0 Å². The standard InChI is InChI=1S/C20H24N2O2/c1-15(22-20(23)17-11-13-21-14-12-17)16-7-9-19(10-8-16)24-18-5-3-2-4-6-18/h2-10,15,17,21H,11-14H2,1H3,(H,22,23)/t15-/m1/s1. The number of carbonyl (C=O) groups excluding carboxylic acids is 1. The first-order chi connectivity index (χ1) is 11.7. The summed E-state index contributed by atoms with van der Waals surface area (Å²) in [4.78, 5) is 12.3. The van der Waals surface area contributed by atoms with Crippen LogP contribution in [0.3, 0.4) is 0 Å². The number of amides is 1. The van der Waals surface area contributed by atoms with Crippen molar-refractivity contribution in [3.8, 4) is 11.5 Å². The lowest BCUT2D eigenvalue weighted by Crippen LogP contribution is -2.39. The van der Waals surface area contributed by atoms with E-state index in [-0.39, 0.29) is 17.9 Å². The fourth-order valence-electron chi connectivity index (χ4n) is 2.95. The number of hydrogen-bond donors (Lipinski definition) is 2. The highest BCUT2D eigenvalue weighted by atomic mass is 16.5. The van der Waals surface area contributed by atoms with E-state index in [1.165, 1.54) is 0 Å². The van der Waals surface area contributed by atoms with E-state index in [1.807, 2.05) is 61.5 Å². The monoisotopic (exact) mass is 324 g/mol. The summed E-state index contributed by atoms with van der Waals surface area (Å²) in [6, 6.07) is 17.6. The zero-order chi connectivity index (χ0) is 16.8. The van der Waals surface area contributed by atoms with Crippen LogP contribution in [0.15, 0.2) is 54.6 Å². The van der Waals surface area contributed by atoms with Crippen molar-refractivity contribution in [3.05, 3.63) is 60.2 Å². The second-order valence-corrected chi connectivity index (χ2v) is 6.24. The zero-order valence-corrected chi connectivity index (χ0v) is 14.0. The molecular weight excluding hydrogens is 300 g/mol. The minimum atomic E-state index is -0.00170. The quantitative estimate of drug-likeness (QED) is 0.882. The predicted molar refractivity (Wildman–Crippen MR) is 95.1 cm³/mol. The summed E-state index contributed by atoms with van der Waals surface area (Å²) in [6.07, 6.45) is 1.84. The first kappa shape index (κ1) is 16.5. The van der Waals surface area contributed by atoms with Gasteiger partial charge in [-0.15, -0.1) is 0 Å². The van der Waals surface area contributed by atoms with Gasteiger partial charge in [0.15, 0.2) is 0 Å². The zero-order valence-electron chi connectivity index (χ0n) is 14.0. The molecule has 0 bridgehead atoms. The molecule has 2 aromatic carbocycles.